The Kier molecular flexibility index (Phi) is 6.06. The molecule has 0 aliphatic heterocycles. The molecule has 0 radical (unpaired) electrons. The van der Waals surface area contributed by atoms with Crippen LogP contribution in [0.2, 0.25) is 0 Å². The Morgan fingerprint density at radius 3 is 2.35 bits per heavy atom. The van der Waals surface area contributed by atoms with Gasteiger partial charge in [0, 0.05) is 41.5 Å². The summed E-state index contributed by atoms with van der Waals surface area (Å²) >= 11 is 0. The lowest BCUT2D eigenvalue weighted by atomic mass is 10.1. The zero-order valence-corrected chi connectivity index (χ0v) is 12.4. The topological polar surface area (TPSA) is 58.2 Å². The highest BCUT2D eigenvalue weighted by atomic mass is 32.2. The maximum Gasteiger partial charge on any atom is 0.251 e. The number of nitrogens with one attached hydrogen (secondary N) is 2. The second-order valence-electron chi connectivity index (χ2n) is 4.51. The minimum atomic E-state index is -0.937. The Morgan fingerprint density at radius 1 is 1.35 bits per heavy atom. The molecule has 2 N–H and O–H groups in total. The number of rotatable bonds is 6. The molecule has 0 aliphatic rings. The van der Waals surface area contributed by atoms with Crippen LogP contribution in [0.4, 0.5) is 14.5 Å². The van der Waals surface area contributed by atoms with Gasteiger partial charge in [-0.05, 0) is 25.5 Å². The Hall–Kier alpha value is -1.50. The SMILES string of the molecule is CNc1c(F)cc(C(=O)NC(C)CCS(C)=O)cc1F. The van der Waals surface area contributed by atoms with Crippen LogP contribution >= 0.6 is 0 Å². The van der Waals surface area contributed by atoms with E-state index in [-0.39, 0.29) is 17.3 Å². The predicted octanol–water partition coefficient (Wildman–Crippen LogP) is 1.89. The van der Waals surface area contributed by atoms with Crippen LogP contribution in [-0.4, -0.2) is 35.2 Å². The van der Waals surface area contributed by atoms with E-state index in [0.717, 1.165) is 12.1 Å². The zero-order valence-electron chi connectivity index (χ0n) is 11.6. The highest BCUT2D eigenvalue weighted by Gasteiger charge is 2.15. The van der Waals surface area contributed by atoms with Crippen LogP contribution in [0.5, 0.6) is 0 Å². The van der Waals surface area contributed by atoms with Crippen LogP contribution in [-0.2, 0) is 10.8 Å². The third kappa shape index (κ3) is 4.56. The first kappa shape index (κ1) is 16.6. The fourth-order valence-electron chi connectivity index (χ4n) is 1.67. The zero-order chi connectivity index (χ0) is 15.3. The Labute approximate surface area is 119 Å². The van der Waals surface area contributed by atoms with E-state index in [9.17, 15) is 17.8 Å². The van der Waals surface area contributed by atoms with Gasteiger partial charge in [-0.2, -0.15) is 0 Å². The molecule has 2 unspecified atom stereocenters. The van der Waals surface area contributed by atoms with Crippen molar-refractivity contribution in [1.82, 2.24) is 5.32 Å². The van der Waals surface area contributed by atoms with Gasteiger partial charge in [-0.15, -0.1) is 0 Å². The van der Waals surface area contributed by atoms with E-state index in [2.05, 4.69) is 10.6 Å². The average Bonchev–Trinajstić information content (AvgIpc) is 2.35. The monoisotopic (exact) mass is 304 g/mol. The van der Waals surface area contributed by atoms with Crippen molar-refractivity contribution < 1.29 is 17.8 Å². The molecular weight excluding hydrogens is 286 g/mol. The Balaban J connectivity index is 2.75. The van der Waals surface area contributed by atoms with Gasteiger partial charge in [0.1, 0.15) is 17.3 Å². The second-order valence-corrected chi connectivity index (χ2v) is 6.06. The lowest BCUT2D eigenvalue weighted by Crippen LogP contribution is -2.33. The first-order valence-electron chi connectivity index (χ1n) is 6.12. The van der Waals surface area contributed by atoms with Crippen LogP contribution in [0.15, 0.2) is 12.1 Å². The first-order valence-corrected chi connectivity index (χ1v) is 7.85. The van der Waals surface area contributed by atoms with Gasteiger partial charge in [0.05, 0.1) is 0 Å². The summed E-state index contributed by atoms with van der Waals surface area (Å²) in [4.78, 5) is 11.9. The molecule has 2 atom stereocenters. The van der Waals surface area contributed by atoms with E-state index in [4.69, 9.17) is 0 Å². The van der Waals surface area contributed by atoms with E-state index < -0.39 is 28.3 Å². The molecule has 0 saturated carbocycles. The third-order valence-electron chi connectivity index (χ3n) is 2.77. The number of halogens is 2. The molecule has 0 heterocycles. The molecule has 1 aromatic carbocycles. The molecule has 1 aromatic rings. The summed E-state index contributed by atoms with van der Waals surface area (Å²) in [5.41, 5.74) is -0.348. The lowest BCUT2D eigenvalue weighted by molar-refractivity contribution is 0.0938. The van der Waals surface area contributed by atoms with Crippen molar-refractivity contribution in [3.8, 4) is 0 Å². The molecular formula is C13H18F2N2O2S. The van der Waals surface area contributed by atoms with Crippen molar-refractivity contribution >= 4 is 22.4 Å². The summed E-state index contributed by atoms with van der Waals surface area (Å²) in [5.74, 6) is -1.73. The van der Waals surface area contributed by atoms with E-state index in [1.807, 2.05) is 0 Å². The van der Waals surface area contributed by atoms with Gasteiger partial charge in [-0.3, -0.25) is 9.00 Å². The van der Waals surface area contributed by atoms with Gasteiger partial charge >= 0.3 is 0 Å². The number of anilines is 1. The van der Waals surface area contributed by atoms with Crippen molar-refractivity contribution in [3.63, 3.8) is 0 Å². The van der Waals surface area contributed by atoms with Gasteiger partial charge in [-0.1, -0.05) is 0 Å². The van der Waals surface area contributed by atoms with Crippen molar-refractivity contribution in [3.05, 3.63) is 29.3 Å². The summed E-state index contributed by atoms with van der Waals surface area (Å²) in [5, 5.41) is 5.00. The fraction of sp³-hybridized carbons (Fsp3) is 0.462. The Morgan fingerprint density at radius 2 is 1.90 bits per heavy atom. The van der Waals surface area contributed by atoms with Crippen LogP contribution < -0.4 is 10.6 Å². The lowest BCUT2D eigenvalue weighted by Gasteiger charge is -2.14. The molecule has 1 rings (SSSR count). The van der Waals surface area contributed by atoms with Crippen LogP contribution in [0, 0.1) is 11.6 Å². The average molecular weight is 304 g/mol. The highest BCUT2D eigenvalue weighted by molar-refractivity contribution is 7.84. The quantitative estimate of drug-likeness (QED) is 0.844. The maximum absolute atomic E-state index is 13.5. The van der Waals surface area contributed by atoms with Gasteiger partial charge in [-0.25, -0.2) is 8.78 Å². The van der Waals surface area contributed by atoms with Gasteiger partial charge in [0.25, 0.3) is 5.91 Å². The van der Waals surface area contributed by atoms with Crippen molar-refractivity contribution in [2.24, 2.45) is 0 Å². The van der Waals surface area contributed by atoms with Crippen molar-refractivity contribution in [2.75, 3.05) is 24.4 Å². The standard InChI is InChI=1S/C13H18F2N2O2S/c1-8(4-5-20(3)19)17-13(18)9-6-10(14)12(16-2)11(15)7-9/h6-8,16H,4-5H2,1-3H3,(H,17,18). The van der Waals surface area contributed by atoms with Crippen LogP contribution in [0.1, 0.15) is 23.7 Å². The molecule has 1 amide bonds. The number of amides is 1. The molecule has 0 aromatic heterocycles. The van der Waals surface area contributed by atoms with Crippen LogP contribution in [0.25, 0.3) is 0 Å². The summed E-state index contributed by atoms with van der Waals surface area (Å²) in [6, 6.07) is 1.74. The molecule has 0 saturated heterocycles. The minimum Gasteiger partial charge on any atom is -0.383 e. The number of benzene rings is 1. The molecule has 112 valence electrons. The highest BCUT2D eigenvalue weighted by Crippen LogP contribution is 2.20. The number of hydrogen-bond acceptors (Lipinski definition) is 3. The summed E-state index contributed by atoms with van der Waals surface area (Å²) in [6.45, 7) is 1.75. The van der Waals surface area contributed by atoms with Crippen molar-refractivity contribution in [2.45, 2.75) is 19.4 Å². The molecule has 0 spiro atoms. The van der Waals surface area contributed by atoms with E-state index in [1.54, 1.807) is 13.2 Å². The summed E-state index contributed by atoms with van der Waals surface area (Å²) in [7, 11) is 0.460. The maximum atomic E-state index is 13.5. The number of carbonyl (C=O) groups is 1. The summed E-state index contributed by atoms with van der Waals surface area (Å²) < 4.78 is 38.0. The van der Waals surface area contributed by atoms with Crippen LogP contribution in [0.3, 0.4) is 0 Å². The first-order chi connectivity index (χ1) is 9.35. The number of carbonyl (C=O) groups excluding carboxylic acids is 1. The smallest absolute Gasteiger partial charge is 0.251 e. The predicted molar refractivity (Wildman–Crippen MR) is 76.4 cm³/mol. The largest absolute Gasteiger partial charge is 0.383 e. The summed E-state index contributed by atoms with van der Waals surface area (Å²) in [6.07, 6.45) is 2.12. The molecule has 4 nitrogen and oxygen atoms in total. The normalized spacial score (nSPS) is 13.7. The Bertz CT molecular complexity index is 500. The second kappa shape index (κ2) is 7.33. The van der Waals surface area contributed by atoms with Gasteiger partial charge in [0.2, 0.25) is 0 Å². The third-order valence-corrected chi connectivity index (χ3v) is 3.58. The minimum absolute atomic E-state index is 0.0801. The van der Waals surface area contributed by atoms with Gasteiger partial charge < -0.3 is 10.6 Å². The van der Waals surface area contributed by atoms with Crippen molar-refractivity contribution in [1.29, 1.82) is 0 Å². The van der Waals surface area contributed by atoms with Gasteiger partial charge in [0.15, 0.2) is 0 Å². The van der Waals surface area contributed by atoms with E-state index >= 15 is 0 Å². The molecule has 0 bridgehead atoms. The molecule has 7 heteroatoms. The molecule has 20 heavy (non-hydrogen) atoms. The number of hydrogen-bond donors (Lipinski definition) is 2. The van der Waals surface area contributed by atoms with E-state index in [1.165, 1.54) is 7.05 Å². The van der Waals surface area contributed by atoms with E-state index in [0.29, 0.717) is 12.2 Å². The molecule has 0 fully saturated rings. The fourth-order valence-corrected chi connectivity index (χ4v) is 2.35. The molecule has 0 aliphatic carbocycles.